The molecule has 4 N–H and O–H groups in total. The van der Waals surface area contributed by atoms with Gasteiger partial charge in [0.05, 0.1) is 12.8 Å². The molecular formula is C17H20N6O. The largest absolute Gasteiger partial charge is 0.380 e. The summed E-state index contributed by atoms with van der Waals surface area (Å²) in [6.07, 6.45) is 2.37. The van der Waals surface area contributed by atoms with E-state index in [-0.39, 0.29) is 17.8 Å². The Morgan fingerprint density at radius 1 is 1.33 bits per heavy atom. The van der Waals surface area contributed by atoms with E-state index in [4.69, 9.17) is 10.5 Å². The summed E-state index contributed by atoms with van der Waals surface area (Å²) in [7, 11) is 0. The van der Waals surface area contributed by atoms with Crippen LogP contribution in [-0.2, 0) is 4.74 Å². The molecule has 1 aromatic carbocycles. The van der Waals surface area contributed by atoms with Gasteiger partial charge >= 0.3 is 0 Å². The van der Waals surface area contributed by atoms with E-state index in [2.05, 4.69) is 26.7 Å². The SMILES string of the molecule is Cc1ccc(Nc2nc(N[C@@H]3CCOC[C@@H]3N)cnc2C#N)cc1. The zero-order valence-corrected chi connectivity index (χ0v) is 13.5. The molecule has 2 atom stereocenters. The van der Waals surface area contributed by atoms with Crippen LogP contribution in [0, 0.1) is 18.3 Å². The van der Waals surface area contributed by atoms with Crippen LogP contribution in [0.2, 0.25) is 0 Å². The molecular weight excluding hydrogens is 304 g/mol. The molecule has 24 heavy (non-hydrogen) atoms. The Bertz CT molecular complexity index is 740. The molecule has 2 aromatic rings. The van der Waals surface area contributed by atoms with Crippen LogP contribution in [0.1, 0.15) is 17.7 Å². The molecule has 7 nitrogen and oxygen atoms in total. The number of anilines is 3. The number of nitriles is 1. The molecule has 0 aliphatic carbocycles. The van der Waals surface area contributed by atoms with Gasteiger partial charge in [0.25, 0.3) is 0 Å². The zero-order valence-electron chi connectivity index (χ0n) is 13.5. The Morgan fingerprint density at radius 2 is 2.12 bits per heavy atom. The van der Waals surface area contributed by atoms with Crippen molar-refractivity contribution in [2.75, 3.05) is 23.8 Å². The fourth-order valence-corrected chi connectivity index (χ4v) is 2.53. The van der Waals surface area contributed by atoms with E-state index < -0.39 is 0 Å². The Hall–Kier alpha value is -2.69. The first-order valence-corrected chi connectivity index (χ1v) is 7.86. The fourth-order valence-electron chi connectivity index (χ4n) is 2.53. The molecule has 0 saturated carbocycles. The molecule has 124 valence electrons. The number of ether oxygens (including phenoxy) is 1. The first-order chi connectivity index (χ1) is 11.7. The molecule has 0 bridgehead atoms. The minimum absolute atomic E-state index is 0.0770. The lowest BCUT2D eigenvalue weighted by Crippen LogP contribution is -2.47. The first-order valence-electron chi connectivity index (χ1n) is 7.86. The van der Waals surface area contributed by atoms with Gasteiger partial charge in [-0.05, 0) is 25.5 Å². The smallest absolute Gasteiger partial charge is 0.183 e. The van der Waals surface area contributed by atoms with Crippen molar-refractivity contribution in [3.05, 3.63) is 41.7 Å². The van der Waals surface area contributed by atoms with Crippen molar-refractivity contribution in [2.45, 2.75) is 25.4 Å². The van der Waals surface area contributed by atoms with Gasteiger partial charge in [0.1, 0.15) is 11.9 Å². The van der Waals surface area contributed by atoms with Gasteiger partial charge in [-0.1, -0.05) is 17.7 Å². The van der Waals surface area contributed by atoms with E-state index >= 15 is 0 Å². The number of hydrogen-bond donors (Lipinski definition) is 3. The van der Waals surface area contributed by atoms with E-state index in [1.54, 1.807) is 6.20 Å². The fraction of sp³-hybridized carbons (Fsp3) is 0.353. The summed E-state index contributed by atoms with van der Waals surface area (Å²) in [6, 6.07) is 9.90. The van der Waals surface area contributed by atoms with Crippen molar-refractivity contribution < 1.29 is 4.74 Å². The first kappa shape index (κ1) is 16.2. The highest BCUT2D eigenvalue weighted by Crippen LogP contribution is 2.20. The predicted molar refractivity (Wildman–Crippen MR) is 92.0 cm³/mol. The lowest BCUT2D eigenvalue weighted by Gasteiger charge is -2.29. The summed E-state index contributed by atoms with van der Waals surface area (Å²) in [4.78, 5) is 8.67. The summed E-state index contributed by atoms with van der Waals surface area (Å²) in [5.74, 6) is 1.01. The van der Waals surface area contributed by atoms with Crippen LogP contribution < -0.4 is 16.4 Å². The third-order valence-electron chi connectivity index (χ3n) is 3.93. The second-order valence-corrected chi connectivity index (χ2v) is 5.83. The Kier molecular flexibility index (Phi) is 4.89. The molecule has 3 rings (SSSR count). The Balaban J connectivity index is 1.80. The third kappa shape index (κ3) is 3.79. The van der Waals surface area contributed by atoms with Gasteiger partial charge in [0, 0.05) is 24.4 Å². The number of aryl methyl sites for hydroxylation is 1. The van der Waals surface area contributed by atoms with Crippen molar-refractivity contribution in [3.8, 4) is 6.07 Å². The summed E-state index contributed by atoms with van der Waals surface area (Å²) in [5.41, 5.74) is 8.32. The van der Waals surface area contributed by atoms with Gasteiger partial charge in [0.2, 0.25) is 0 Å². The summed E-state index contributed by atoms with van der Waals surface area (Å²) in [5, 5.41) is 15.7. The van der Waals surface area contributed by atoms with Crippen molar-refractivity contribution in [3.63, 3.8) is 0 Å². The molecule has 1 aromatic heterocycles. The summed E-state index contributed by atoms with van der Waals surface area (Å²) < 4.78 is 5.34. The third-order valence-corrected chi connectivity index (χ3v) is 3.93. The van der Waals surface area contributed by atoms with Gasteiger partial charge in [-0.3, -0.25) is 0 Å². The molecule has 0 amide bonds. The lowest BCUT2D eigenvalue weighted by molar-refractivity contribution is 0.0752. The Morgan fingerprint density at radius 3 is 2.83 bits per heavy atom. The maximum absolute atomic E-state index is 9.25. The minimum atomic E-state index is -0.0929. The van der Waals surface area contributed by atoms with Crippen LogP contribution in [0.5, 0.6) is 0 Å². The van der Waals surface area contributed by atoms with Crippen molar-refractivity contribution in [1.29, 1.82) is 5.26 Å². The molecule has 0 radical (unpaired) electrons. The monoisotopic (exact) mass is 324 g/mol. The van der Waals surface area contributed by atoms with Crippen LogP contribution in [0.3, 0.4) is 0 Å². The highest BCUT2D eigenvalue weighted by Gasteiger charge is 2.23. The van der Waals surface area contributed by atoms with Crippen LogP contribution >= 0.6 is 0 Å². The van der Waals surface area contributed by atoms with Gasteiger partial charge in [0.15, 0.2) is 11.5 Å². The maximum Gasteiger partial charge on any atom is 0.183 e. The zero-order chi connectivity index (χ0) is 16.9. The van der Waals surface area contributed by atoms with Crippen molar-refractivity contribution in [1.82, 2.24) is 9.97 Å². The second-order valence-electron chi connectivity index (χ2n) is 5.83. The van der Waals surface area contributed by atoms with E-state index in [1.807, 2.05) is 31.2 Å². The van der Waals surface area contributed by atoms with E-state index in [0.29, 0.717) is 24.8 Å². The normalized spacial score (nSPS) is 20.2. The lowest BCUT2D eigenvalue weighted by atomic mass is 10.0. The molecule has 0 spiro atoms. The molecule has 2 heterocycles. The molecule has 0 unspecified atom stereocenters. The second kappa shape index (κ2) is 7.25. The summed E-state index contributed by atoms with van der Waals surface area (Å²) in [6.45, 7) is 3.21. The predicted octanol–water partition coefficient (Wildman–Crippen LogP) is 1.93. The number of nitrogens with zero attached hydrogens (tertiary/aromatic N) is 3. The van der Waals surface area contributed by atoms with E-state index in [0.717, 1.165) is 17.7 Å². The van der Waals surface area contributed by atoms with Gasteiger partial charge in [-0.25, -0.2) is 9.97 Å². The number of nitrogens with two attached hydrogens (primary N) is 1. The van der Waals surface area contributed by atoms with Crippen LogP contribution in [0.4, 0.5) is 17.3 Å². The maximum atomic E-state index is 9.25. The van der Waals surface area contributed by atoms with Crippen molar-refractivity contribution in [2.24, 2.45) is 5.73 Å². The number of nitrogens with one attached hydrogen (secondary N) is 2. The van der Waals surface area contributed by atoms with E-state index in [1.165, 1.54) is 0 Å². The average molecular weight is 324 g/mol. The van der Waals surface area contributed by atoms with E-state index in [9.17, 15) is 5.26 Å². The number of benzene rings is 1. The quantitative estimate of drug-likeness (QED) is 0.788. The number of hydrogen-bond acceptors (Lipinski definition) is 7. The Labute approximate surface area is 140 Å². The van der Waals surface area contributed by atoms with Crippen LogP contribution in [-0.4, -0.2) is 35.3 Å². The topological polar surface area (TPSA) is 109 Å². The van der Waals surface area contributed by atoms with Crippen LogP contribution in [0.25, 0.3) is 0 Å². The van der Waals surface area contributed by atoms with Crippen molar-refractivity contribution >= 4 is 17.3 Å². The van der Waals surface area contributed by atoms with Gasteiger partial charge in [-0.2, -0.15) is 5.26 Å². The minimum Gasteiger partial charge on any atom is -0.380 e. The molecule has 1 aliphatic rings. The average Bonchev–Trinajstić information content (AvgIpc) is 2.59. The molecule has 1 saturated heterocycles. The number of rotatable bonds is 4. The summed E-state index contributed by atoms with van der Waals surface area (Å²) >= 11 is 0. The molecule has 1 fully saturated rings. The molecule has 1 aliphatic heterocycles. The highest BCUT2D eigenvalue weighted by atomic mass is 16.5. The molecule has 7 heteroatoms. The number of aromatic nitrogens is 2. The highest BCUT2D eigenvalue weighted by molar-refractivity contribution is 5.62. The van der Waals surface area contributed by atoms with Gasteiger partial charge in [-0.15, -0.1) is 0 Å². The van der Waals surface area contributed by atoms with Gasteiger partial charge < -0.3 is 21.1 Å². The standard InChI is InChI=1S/C17H20N6O/c1-11-2-4-12(5-3-11)21-17-15(8-18)20-9-16(23-17)22-14-6-7-24-10-13(14)19/h2-5,9,13-14H,6-7,10,19H2,1H3,(H2,21,22,23)/t13-,14+/m0/s1. The van der Waals surface area contributed by atoms with Crippen LogP contribution in [0.15, 0.2) is 30.5 Å².